The summed E-state index contributed by atoms with van der Waals surface area (Å²) < 4.78 is 0. The third kappa shape index (κ3) is 8.34. The number of phenolic OH excluding ortho intramolecular Hbond substituents is 1. The van der Waals surface area contributed by atoms with Gasteiger partial charge in [-0.25, -0.2) is 0 Å². The van der Waals surface area contributed by atoms with Gasteiger partial charge in [-0.1, -0.05) is 13.3 Å². The molecule has 2 aliphatic heterocycles. The van der Waals surface area contributed by atoms with Crippen LogP contribution >= 0.6 is 11.8 Å². The molecule has 1 atom stereocenters. The van der Waals surface area contributed by atoms with E-state index in [0.29, 0.717) is 44.3 Å². The maximum atomic E-state index is 12.6. The molecule has 3 heterocycles. The minimum atomic E-state index is -0.238. The highest BCUT2D eigenvalue weighted by Crippen LogP contribution is 2.36. The summed E-state index contributed by atoms with van der Waals surface area (Å²) in [6, 6.07) is 3.83. The van der Waals surface area contributed by atoms with Gasteiger partial charge in [-0.15, -0.1) is 11.8 Å². The fourth-order valence-corrected chi connectivity index (χ4v) is 7.95. The fraction of sp³-hybridized carbons (Fsp3) is 0.600. The lowest BCUT2D eigenvalue weighted by Crippen LogP contribution is -2.38. The number of aromatic hydroxyl groups is 1. The van der Waals surface area contributed by atoms with Crippen molar-refractivity contribution >= 4 is 46.3 Å². The molecule has 1 aliphatic carbocycles. The first kappa shape index (κ1) is 34.0. The second-order valence-electron chi connectivity index (χ2n) is 13.1. The maximum absolute atomic E-state index is 12.6. The lowest BCUT2D eigenvalue weighted by molar-refractivity contribution is -0.138. The van der Waals surface area contributed by atoms with Crippen molar-refractivity contribution in [1.29, 1.82) is 0 Å². The zero-order valence-electron chi connectivity index (χ0n) is 27.2. The number of unbranched alkanes of at least 4 members (excludes halogenated alkanes) is 2. The van der Waals surface area contributed by atoms with Crippen LogP contribution in [0.2, 0.25) is 0 Å². The number of amides is 4. The van der Waals surface area contributed by atoms with Crippen molar-refractivity contribution in [2.75, 3.05) is 39.0 Å². The van der Waals surface area contributed by atoms with E-state index in [-0.39, 0.29) is 35.5 Å². The molecule has 5 rings (SSSR count). The second-order valence-corrected chi connectivity index (χ2v) is 13.9. The molecular weight excluding hydrogens is 602 g/mol. The van der Waals surface area contributed by atoms with Crippen LogP contribution in [0.4, 0.5) is 0 Å². The van der Waals surface area contributed by atoms with Crippen LogP contribution < -0.4 is 10.6 Å². The van der Waals surface area contributed by atoms with Gasteiger partial charge in [0.25, 0.3) is 11.8 Å². The molecule has 1 aromatic heterocycles. The van der Waals surface area contributed by atoms with Crippen LogP contribution in [0.25, 0.3) is 10.9 Å². The van der Waals surface area contributed by atoms with E-state index in [0.717, 1.165) is 87.0 Å². The SMILES string of the molecule is CCc1c(SC)[nH]c2c(CN3CCC(CNC(=O)CCCCCNC(=O)C4CCC(CN5C(=O)C=CC5=O)CC4)C3)c(O)ccc12. The molecule has 250 valence electrons. The van der Waals surface area contributed by atoms with E-state index in [9.17, 15) is 24.3 Å². The Kier molecular flexibility index (Phi) is 11.8. The van der Waals surface area contributed by atoms with Crippen LogP contribution in [0.15, 0.2) is 29.3 Å². The van der Waals surface area contributed by atoms with Gasteiger partial charge in [-0.3, -0.25) is 29.0 Å². The number of likely N-dealkylation sites (tertiary alicyclic amines) is 1. The highest BCUT2D eigenvalue weighted by Gasteiger charge is 2.31. The van der Waals surface area contributed by atoms with E-state index in [2.05, 4.69) is 33.7 Å². The van der Waals surface area contributed by atoms with Crippen LogP contribution in [-0.2, 0) is 32.1 Å². The fourth-order valence-electron chi connectivity index (χ4n) is 7.24. The highest BCUT2D eigenvalue weighted by molar-refractivity contribution is 7.98. The van der Waals surface area contributed by atoms with E-state index < -0.39 is 0 Å². The number of hydrogen-bond acceptors (Lipinski definition) is 7. The normalized spacial score (nSPS) is 21.9. The van der Waals surface area contributed by atoms with Gasteiger partial charge in [0.05, 0.1) is 10.5 Å². The number of rotatable bonds is 15. The van der Waals surface area contributed by atoms with Gasteiger partial charge in [-0.05, 0) is 93.7 Å². The van der Waals surface area contributed by atoms with Crippen LogP contribution in [-0.4, -0.2) is 82.5 Å². The molecule has 1 saturated heterocycles. The van der Waals surface area contributed by atoms with Crippen molar-refractivity contribution in [2.45, 2.75) is 82.7 Å². The quantitative estimate of drug-likeness (QED) is 0.127. The summed E-state index contributed by atoms with van der Waals surface area (Å²) in [4.78, 5) is 55.9. The first-order valence-electron chi connectivity index (χ1n) is 17.0. The molecule has 0 spiro atoms. The number of phenols is 1. The first-order valence-corrected chi connectivity index (χ1v) is 18.2. The molecule has 4 amide bonds. The predicted molar refractivity (Wildman–Crippen MR) is 180 cm³/mol. The largest absolute Gasteiger partial charge is 0.508 e. The second kappa shape index (κ2) is 16.0. The molecule has 0 radical (unpaired) electrons. The zero-order chi connectivity index (χ0) is 32.6. The number of aryl methyl sites for hydroxylation is 1. The number of nitrogens with zero attached hydrogens (tertiary/aromatic N) is 2. The zero-order valence-corrected chi connectivity index (χ0v) is 28.1. The Labute approximate surface area is 276 Å². The van der Waals surface area contributed by atoms with Crippen LogP contribution in [0.5, 0.6) is 5.75 Å². The number of nitrogens with one attached hydrogen (secondary N) is 3. The van der Waals surface area contributed by atoms with E-state index in [1.54, 1.807) is 11.8 Å². The lowest BCUT2D eigenvalue weighted by Gasteiger charge is -2.30. The number of carbonyl (C=O) groups excluding carboxylic acids is 4. The van der Waals surface area contributed by atoms with E-state index in [1.807, 2.05) is 12.1 Å². The van der Waals surface area contributed by atoms with E-state index in [1.165, 1.54) is 28.0 Å². The first-order chi connectivity index (χ1) is 22.3. The van der Waals surface area contributed by atoms with E-state index in [4.69, 9.17) is 0 Å². The maximum Gasteiger partial charge on any atom is 0.253 e. The van der Waals surface area contributed by atoms with Crippen molar-refractivity contribution in [3.8, 4) is 5.75 Å². The van der Waals surface area contributed by atoms with Gasteiger partial charge >= 0.3 is 0 Å². The summed E-state index contributed by atoms with van der Waals surface area (Å²) in [5.74, 6) is 0.675. The molecule has 2 aromatic rings. The van der Waals surface area contributed by atoms with Crippen molar-refractivity contribution in [1.82, 2.24) is 25.4 Å². The standard InChI is InChI=1S/C35H49N5O5S/c1-3-26-27-12-13-29(41)28(33(27)38-35(26)46-2)22-39-18-16-24(20-39)19-37-30(42)7-5-4-6-17-36-34(45)25-10-8-23(9-11-25)21-40-31(43)14-15-32(40)44/h12-15,23-25,38,41H,3-11,16-22H2,1-2H3,(H,36,45)(H,37,42). The Balaban J connectivity index is 0.923. The summed E-state index contributed by atoms with van der Waals surface area (Å²) in [6.45, 7) is 6.42. The minimum Gasteiger partial charge on any atom is -0.508 e. The minimum absolute atomic E-state index is 0.00793. The Bertz CT molecular complexity index is 1430. The Morgan fingerprint density at radius 3 is 2.46 bits per heavy atom. The average Bonchev–Trinajstić information content (AvgIpc) is 3.76. The van der Waals surface area contributed by atoms with Gasteiger partial charge in [0.2, 0.25) is 11.8 Å². The van der Waals surface area contributed by atoms with Crippen molar-refractivity contribution in [3.05, 3.63) is 35.4 Å². The molecule has 2 fully saturated rings. The van der Waals surface area contributed by atoms with Gasteiger partial charge in [0.1, 0.15) is 5.75 Å². The third-order valence-electron chi connectivity index (χ3n) is 9.96. The number of H-pyrrole nitrogens is 1. The molecule has 1 saturated carbocycles. The molecule has 11 heteroatoms. The van der Waals surface area contributed by atoms with Crippen LogP contribution in [0.1, 0.15) is 75.8 Å². The lowest BCUT2D eigenvalue weighted by atomic mass is 9.81. The predicted octanol–water partition coefficient (Wildman–Crippen LogP) is 4.50. The van der Waals surface area contributed by atoms with Crippen LogP contribution in [0, 0.1) is 17.8 Å². The summed E-state index contributed by atoms with van der Waals surface area (Å²) in [6.07, 6.45) is 12.9. The Morgan fingerprint density at radius 1 is 0.978 bits per heavy atom. The topological polar surface area (TPSA) is 135 Å². The van der Waals surface area contributed by atoms with Gasteiger partial charge < -0.3 is 20.7 Å². The number of thioether (sulfide) groups is 1. The molecule has 1 aromatic carbocycles. The molecule has 0 bridgehead atoms. The van der Waals surface area contributed by atoms with Crippen molar-refractivity contribution in [3.63, 3.8) is 0 Å². The number of aromatic amines is 1. The van der Waals surface area contributed by atoms with E-state index >= 15 is 0 Å². The number of carbonyl (C=O) groups is 4. The summed E-state index contributed by atoms with van der Waals surface area (Å²) >= 11 is 1.71. The summed E-state index contributed by atoms with van der Waals surface area (Å²) in [7, 11) is 0. The number of fused-ring (bicyclic) bond motifs is 1. The Hall–Kier alpha value is -3.31. The number of imide groups is 1. The molecule has 4 N–H and O–H groups in total. The van der Waals surface area contributed by atoms with Gasteiger partial charge in [0, 0.05) is 68.2 Å². The molecular formula is C35H49N5O5S. The highest BCUT2D eigenvalue weighted by atomic mass is 32.2. The Morgan fingerprint density at radius 2 is 1.74 bits per heavy atom. The molecule has 1 unspecified atom stereocenters. The van der Waals surface area contributed by atoms with Gasteiger partial charge in [0.15, 0.2) is 0 Å². The van der Waals surface area contributed by atoms with Gasteiger partial charge in [-0.2, -0.15) is 0 Å². The van der Waals surface area contributed by atoms with Crippen molar-refractivity contribution < 1.29 is 24.3 Å². The van der Waals surface area contributed by atoms with Crippen molar-refractivity contribution in [2.24, 2.45) is 17.8 Å². The smallest absolute Gasteiger partial charge is 0.253 e. The third-order valence-corrected chi connectivity index (χ3v) is 10.7. The molecule has 46 heavy (non-hydrogen) atoms. The summed E-state index contributed by atoms with van der Waals surface area (Å²) in [5, 5.41) is 19.2. The average molecular weight is 652 g/mol. The summed E-state index contributed by atoms with van der Waals surface area (Å²) in [5.41, 5.74) is 3.28. The monoisotopic (exact) mass is 651 g/mol. The number of benzene rings is 1. The number of hydrogen-bond donors (Lipinski definition) is 4. The molecule has 10 nitrogen and oxygen atoms in total. The molecule has 3 aliphatic rings. The van der Waals surface area contributed by atoms with Crippen LogP contribution in [0.3, 0.4) is 0 Å². The number of aromatic nitrogens is 1.